The molecular formula is C14H22N2O. The lowest BCUT2D eigenvalue weighted by Crippen LogP contribution is -2.31. The molecule has 2 rings (SSSR count). The van der Waals surface area contributed by atoms with E-state index in [9.17, 15) is 0 Å². The van der Waals surface area contributed by atoms with Crippen molar-refractivity contribution in [2.24, 2.45) is 5.92 Å². The van der Waals surface area contributed by atoms with Crippen LogP contribution >= 0.6 is 0 Å². The van der Waals surface area contributed by atoms with E-state index >= 15 is 0 Å². The Balaban J connectivity index is 2.23. The van der Waals surface area contributed by atoms with E-state index < -0.39 is 0 Å². The van der Waals surface area contributed by atoms with Crippen molar-refractivity contribution in [3.63, 3.8) is 0 Å². The summed E-state index contributed by atoms with van der Waals surface area (Å²) in [6.45, 7) is 7.70. The quantitative estimate of drug-likeness (QED) is 0.850. The Bertz CT molecular complexity index is 386. The van der Waals surface area contributed by atoms with Gasteiger partial charge in [-0.2, -0.15) is 0 Å². The van der Waals surface area contributed by atoms with Crippen LogP contribution in [0, 0.1) is 12.8 Å². The molecule has 1 aromatic rings. The minimum absolute atomic E-state index is 0.0712. The smallest absolute Gasteiger partial charge is 0.131 e. The van der Waals surface area contributed by atoms with Crippen molar-refractivity contribution in [1.29, 1.82) is 0 Å². The van der Waals surface area contributed by atoms with Crippen LogP contribution in [-0.2, 0) is 6.61 Å². The van der Waals surface area contributed by atoms with Crippen LogP contribution in [0.2, 0.25) is 0 Å². The van der Waals surface area contributed by atoms with Crippen LogP contribution in [0.25, 0.3) is 0 Å². The van der Waals surface area contributed by atoms with Gasteiger partial charge in [-0.1, -0.05) is 13.8 Å². The molecule has 0 atom stereocenters. The fraction of sp³-hybridized carbons (Fsp3) is 0.643. The van der Waals surface area contributed by atoms with Gasteiger partial charge in [0, 0.05) is 18.8 Å². The van der Waals surface area contributed by atoms with Crippen molar-refractivity contribution in [2.75, 3.05) is 11.4 Å². The van der Waals surface area contributed by atoms with Crippen LogP contribution in [0.1, 0.15) is 37.8 Å². The second-order valence-electron chi connectivity index (χ2n) is 5.42. The molecule has 0 spiro atoms. The van der Waals surface area contributed by atoms with Crippen molar-refractivity contribution >= 4 is 5.82 Å². The number of aliphatic hydroxyl groups excluding tert-OH is 1. The molecule has 1 aliphatic rings. The topological polar surface area (TPSA) is 36.4 Å². The predicted molar refractivity (Wildman–Crippen MR) is 70.1 cm³/mol. The van der Waals surface area contributed by atoms with Crippen LogP contribution < -0.4 is 4.90 Å². The molecule has 0 amide bonds. The fourth-order valence-corrected chi connectivity index (χ4v) is 2.20. The minimum atomic E-state index is 0.0712. The van der Waals surface area contributed by atoms with Crippen LogP contribution in [0.5, 0.6) is 0 Å². The van der Waals surface area contributed by atoms with E-state index in [1.54, 1.807) is 6.20 Å². The van der Waals surface area contributed by atoms with E-state index in [2.05, 4.69) is 30.7 Å². The van der Waals surface area contributed by atoms with E-state index in [4.69, 9.17) is 5.11 Å². The summed E-state index contributed by atoms with van der Waals surface area (Å²) in [5, 5.41) is 9.10. The van der Waals surface area contributed by atoms with E-state index in [1.165, 1.54) is 18.4 Å². The molecule has 17 heavy (non-hydrogen) atoms. The number of pyridine rings is 1. The molecule has 1 N–H and O–H groups in total. The Morgan fingerprint density at radius 1 is 1.47 bits per heavy atom. The molecule has 0 aliphatic heterocycles. The monoisotopic (exact) mass is 234 g/mol. The number of aliphatic hydroxyl groups is 1. The van der Waals surface area contributed by atoms with Gasteiger partial charge >= 0.3 is 0 Å². The number of hydrogen-bond acceptors (Lipinski definition) is 3. The van der Waals surface area contributed by atoms with E-state index in [0.717, 1.165) is 17.9 Å². The molecule has 1 aliphatic carbocycles. The van der Waals surface area contributed by atoms with Crippen molar-refractivity contribution in [1.82, 2.24) is 4.98 Å². The molecule has 3 heteroatoms. The lowest BCUT2D eigenvalue weighted by Gasteiger charge is -2.27. The Kier molecular flexibility index (Phi) is 3.67. The summed E-state index contributed by atoms with van der Waals surface area (Å²) < 4.78 is 0. The van der Waals surface area contributed by atoms with E-state index in [-0.39, 0.29) is 6.61 Å². The molecular weight excluding hydrogens is 212 g/mol. The highest BCUT2D eigenvalue weighted by molar-refractivity contribution is 5.49. The van der Waals surface area contributed by atoms with Gasteiger partial charge in [0.05, 0.1) is 6.61 Å². The lowest BCUT2D eigenvalue weighted by atomic mass is 10.1. The Labute approximate surface area is 103 Å². The highest BCUT2D eigenvalue weighted by atomic mass is 16.3. The van der Waals surface area contributed by atoms with Crippen molar-refractivity contribution in [2.45, 2.75) is 46.3 Å². The minimum Gasteiger partial charge on any atom is -0.392 e. The van der Waals surface area contributed by atoms with E-state index in [0.29, 0.717) is 12.0 Å². The molecule has 0 radical (unpaired) electrons. The second kappa shape index (κ2) is 5.05. The molecule has 1 heterocycles. The zero-order valence-corrected chi connectivity index (χ0v) is 11.0. The average molecular weight is 234 g/mol. The summed E-state index contributed by atoms with van der Waals surface area (Å²) in [6, 6.07) is 2.72. The molecule has 1 fully saturated rings. The zero-order chi connectivity index (χ0) is 12.4. The molecule has 0 bridgehead atoms. The maximum absolute atomic E-state index is 9.10. The largest absolute Gasteiger partial charge is 0.392 e. The summed E-state index contributed by atoms with van der Waals surface area (Å²) in [7, 11) is 0. The van der Waals surface area contributed by atoms with Crippen LogP contribution in [0.4, 0.5) is 5.82 Å². The molecule has 3 nitrogen and oxygen atoms in total. The molecule has 94 valence electrons. The third kappa shape index (κ3) is 2.97. The summed E-state index contributed by atoms with van der Waals surface area (Å²) in [5.74, 6) is 1.74. The summed E-state index contributed by atoms with van der Waals surface area (Å²) in [5.41, 5.74) is 2.07. The van der Waals surface area contributed by atoms with Gasteiger partial charge in [-0.05, 0) is 42.9 Å². The Morgan fingerprint density at radius 2 is 2.18 bits per heavy atom. The van der Waals surface area contributed by atoms with Gasteiger partial charge in [0.2, 0.25) is 0 Å². The highest BCUT2D eigenvalue weighted by Gasteiger charge is 2.31. The number of aryl methyl sites for hydroxylation is 1. The molecule has 0 aromatic carbocycles. The van der Waals surface area contributed by atoms with Gasteiger partial charge in [-0.15, -0.1) is 0 Å². The summed E-state index contributed by atoms with van der Waals surface area (Å²) in [6.07, 6.45) is 4.36. The third-order valence-corrected chi connectivity index (χ3v) is 3.11. The van der Waals surface area contributed by atoms with Gasteiger partial charge < -0.3 is 10.0 Å². The van der Waals surface area contributed by atoms with Gasteiger partial charge in [-0.25, -0.2) is 4.98 Å². The van der Waals surface area contributed by atoms with Gasteiger partial charge in [0.15, 0.2) is 0 Å². The number of nitrogens with zero attached hydrogens (tertiary/aromatic N) is 2. The summed E-state index contributed by atoms with van der Waals surface area (Å²) >= 11 is 0. The van der Waals surface area contributed by atoms with E-state index in [1.807, 2.05) is 6.07 Å². The Morgan fingerprint density at radius 3 is 2.65 bits per heavy atom. The first-order chi connectivity index (χ1) is 8.11. The number of aromatic nitrogens is 1. The number of rotatable bonds is 5. The maximum atomic E-state index is 9.10. The maximum Gasteiger partial charge on any atom is 0.131 e. The van der Waals surface area contributed by atoms with Crippen LogP contribution in [0.3, 0.4) is 0 Å². The van der Waals surface area contributed by atoms with Crippen LogP contribution in [-0.4, -0.2) is 22.7 Å². The first kappa shape index (κ1) is 12.4. The third-order valence-electron chi connectivity index (χ3n) is 3.11. The first-order valence-electron chi connectivity index (χ1n) is 6.45. The molecule has 1 saturated carbocycles. The predicted octanol–water partition coefficient (Wildman–Crippen LogP) is 2.51. The van der Waals surface area contributed by atoms with Gasteiger partial charge in [0.25, 0.3) is 0 Å². The molecule has 0 saturated heterocycles. The molecule has 1 aromatic heterocycles. The molecule has 0 unspecified atom stereocenters. The van der Waals surface area contributed by atoms with Crippen LogP contribution in [0.15, 0.2) is 12.3 Å². The van der Waals surface area contributed by atoms with Gasteiger partial charge in [0.1, 0.15) is 5.82 Å². The SMILES string of the molecule is Cc1cc(CO)cnc1N(CC(C)C)C1CC1. The zero-order valence-electron chi connectivity index (χ0n) is 11.0. The number of hydrogen-bond donors (Lipinski definition) is 1. The Hall–Kier alpha value is -1.09. The van der Waals surface area contributed by atoms with Crippen molar-refractivity contribution < 1.29 is 5.11 Å². The normalized spacial score (nSPS) is 15.4. The lowest BCUT2D eigenvalue weighted by molar-refractivity contribution is 0.281. The first-order valence-corrected chi connectivity index (χ1v) is 6.45. The summed E-state index contributed by atoms with van der Waals surface area (Å²) in [4.78, 5) is 6.96. The van der Waals surface area contributed by atoms with Gasteiger partial charge in [-0.3, -0.25) is 0 Å². The average Bonchev–Trinajstić information content (AvgIpc) is 3.09. The standard InChI is InChI=1S/C14H22N2O/c1-10(2)8-16(13-4-5-13)14-11(3)6-12(9-17)7-15-14/h6-7,10,13,17H,4-5,8-9H2,1-3H3. The number of anilines is 1. The van der Waals surface area contributed by atoms with Crippen molar-refractivity contribution in [3.8, 4) is 0 Å². The fourth-order valence-electron chi connectivity index (χ4n) is 2.20. The highest BCUT2D eigenvalue weighted by Crippen LogP contribution is 2.33. The van der Waals surface area contributed by atoms with Crippen molar-refractivity contribution in [3.05, 3.63) is 23.4 Å². The second-order valence-corrected chi connectivity index (χ2v) is 5.42.